The average molecular weight is 170 g/mol. The van der Waals surface area contributed by atoms with E-state index in [0.29, 0.717) is 6.79 Å². The van der Waals surface area contributed by atoms with Gasteiger partial charge in [-0.25, -0.2) is 0 Å². The zero-order valence-corrected chi connectivity index (χ0v) is 8.60. The maximum absolute atomic E-state index is 5.16. The van der Waals surface area contributed by atoms with Gasteiger partial charge < -0.3 is 9.47 Å². The fourth-order valence-corrected chi connectivity index (χ4v) is 0.760. The Balaban J connectivity index is 0.000000561. The molecule has 2 heteroatoms. The third-order valence-corrected chi connectivity index (χ3v) is 1.26. The third-order valence-electron chi connectivity index (χ3n) is 1.26. The molecule has 0 radical (unpaired) electrons. The number of hydrogen-bond acceptors (Lipinski definition) is 2. The smallest absolute Gasteiger partial charge is 0.230 e. The fourth-order valence-electron chi connectivity index (χ4n) is 0.760. The van der Waals surface area contributed by atoms with Gasteiger partial charge in [0.15, 0.2) is 5.76 Å². The van der Waals surface area contributed by atoms with Crippen molar-refractivity contribution in [1.82, 2.24) is 0 Å². The van der Waals surface area contributed by atoms with Gasteiger partial charge in [-0.2, -0.15) is 0 Å². The summed E-state index contributed by atoms with van der Waals surface area (Å²) in [5.74, 6) is 1.74. The van der Waals surface area contributed by atoms with Gasteiger partial charge >= 0.3 is 0 Å². The quantitative estimate of drug-likeness (QED) is 0.601. The lowest BCUT2D eigenvalue weighted by molar-refractivity contribution is 0.0749. The molecule has 0 aromatic carbocycles. The van der Waals surface area contributed by atoms with Gasteiger partial charge in [-0.15, -0.1) is 0 Å². The lowest BCUT2D eigenvalue weighted by Gasteiger charge is -1.93. The molecular weight excluding hydrogens is 152 g/mol. The molecule has 0 N–H and O–H groups in total. The molecule has 1 heterocycles. The Morgan fingerprint density at radius 1 is 1.25 bits per heavy atom. The van der Waals surface area contributed by atoms with Crippen molar-refractivity contribution < 1.29 is 9.47 Å². The van der Waals surface area contributed by atoms with E-state index in [0.717, 1.165) is 11.5 Å². The van der Waals surface area contributed by atoms with Gasteiger partial charge in [0.05, 0.1) is 0 Å². The average Bonchev–Trinajstić information content (AvgIpc) is 2.40. The molecule has 2 nitrogen and oxygen atoms in total. The molecule has 1 aliphatic heterocycles. The summed E-state index contributed by atoms with van der Waals surface area (Å²) in [4.78, 5) is 0. The van der Waals surface area contributed by atoms with Crippen LogP contribution in [0.5, 0.6) is 0 Å². The standard InChI is InChI=1S/C8H12O2.C2H6/c1-6(2)4-8-7(3)9-5-10-8;1-2/h4H,5H2,1-3H3;1-2H3. The normalized spacial score (nSPS) is 14.1. The number of ether oxygens (including phenoxy) is 2. The van der Waals surface area contributed by atoms with Gasteiger partial charge in [0.2, 0.25) is 6.79 Å². The first-order valence-corrected chi connectivity index (χ1v) is 4.31. The van der Waals surface area contributed by atoms with Crippen LogP contribution in [0.3, 0.4) is 0 Å². The van der Waals surface area contributed by atoms with Crippen LogP contribution in [0.4, 0.5) is 0 Å². The lowest BCUT2D eigenvalue weighted by Crippen LogP contribution is -1.81. The van der Waals surface area contributed by atoms with Crippen molar-refractivity contribution in [3.8, 4) is 0 Å². The highest BCUT2D eigenvalue weighted by atomic mass is 16.7. The summed E-state index contributed by atoms with van der Waals surface area (Å²) in [6.45, 7) is 10.3. The van der Waals surface area contributed by atoms with Gasteiger partial charge in [-0.3, -0.25) is 0 Å². The third kappa shape index (κ3) is 3.46. The SMILES string of the molecule is CC.CC(C)=CC1=C(C)OCO1. The minimum absolute atomic E-state index is 0.366. The molecular formula is C10H18O2. The summed E-state index contributed by atoms with van der Waals surface area (Å²) < 4.78 is 10.2. The molecule has 1 aliphatic rings. The predicted octanol–water partition coefficient (Wildman–Crippen LogP) is 3.21. The number of rotatable bonds is 1. The summed E-state index contributed by atoms with van der Waals surface area (Å²) in [7, 11) is 0. The molecule has 0 unspecified atom stereocenters. The summed E-state index contributed by atoms with van der Waals surface area (Å²) >= 11 is 0. The van der Waals surface area contributed by atoms with E-state index in [4.69, 9.17) is 9.47 Å². The lowest BCUT2D eigenvalue weighted by atomic mass is 10.3. The first-order valence-electron chi connectivity index (χ1n) is 4.31. The van der Waals surface area contributed by atoms with Crippen molar-refractivity contribution >= 4 is 0 Å². The molecule has 0 atom stereocenters. The van der Waals surface area contributed by atoms with Crippen molar-refractivity contribution in [2.24, 2.45) is 0 Å². The highest BCUT2D eigenvalue weighted by molar-refractivity contribution is 5.19. The summed E-state index contributed by atoms with van der Waals surface area (Å²) in [6, 6.07) is 0. The Bertz CT molecular complexity index is 186. The van der Waals surface area contributed by atoms with Crippen molar-refractivity contribution in [2.45, 2.75) is 34.6 Å². The maximum atomic E-state index is 5.16. The van der Waals surface area contributed by atoms with Crippen LogP contribution in [-0.2, 0) is 9.47 Å². The summed E-state index contributed by atoms with van der Waals surface area (Å²) in [6.07, 6.45) is 1.97. The van der Waals surface area contributed by atoms with E-state index in [-0.39, 0.29) is 0 Å². The van der Waals surface area contributed by atoms with E-state index in [1.165, 1.54) is 5.57 Å². The van der Waals surface area contributed by atoms with E-state index in [1.807, 2.05) is 40.7 Å². The molecule has 0 aromatic rings. The largest absolute Gasteiger partial charge is 0.458 e. The van der Waals surface area contributed by atoms with Crippen LogP contribution in [0.2, 0.25) is 0 Å². The zero-order chi connectivity index (χ0) is 9.56. The molecule has 0 aromatic heterocycles. The van der Waals surface area contributed by atoms with Crippen molar-refractivity contribution in [1.29, 1.82) is 0 Å². The second-order valence-electron chi connectivity index (χ2n) is 2.55. The number of hydrogen-bond donors (Lipinski definition) is 0. The van der Waals surface area contributed by atoms with Crippen molar-refractivity contribution in [3.05, 3.63) is 23.2 Å². The maximum Gasteiger partial charge on any atom is 0.230 e. The Hall–Kier alpha value is -0.920. The van der Waals surface area contributed by atoms with E-state index < -0.39 is 0 Å². The minimum Gasteiger partial charge on any atom is -0.458 e. The van der Waals surface area contributed by atoms with E-state index in [1.54, 1.807) is 0 Å². The molecule has 0 amide bonds. The summed E-state index contributed by atoms with van der Waals surface area (Å²) in [5.41, 5.74) is 1.22. The van der Waals surface area contributed by atoms with Crippen LogP contribution in [0.1, 0.15) is 34.6 Å². The van der Waals surface area contributed by atoms with Crippen LogP contribution in [0, 0.1) is 0 Å². The molecule has 0 saturated heterocycles. The minimum atomic E-state index is 0.366. The van der Waals surface area contributed by atoms with E-state index in [9.17, 15) is 0 Å². The van der Waals surface area contributed by atoms with E-state index in [2.05, 4.69) is 0 Å². The Morgan fingerprint density at radius 2 is 1.83 bits per heavy atom. The fraction of sp³-hybridized carbons (Fsp3) is 0.600. The van der Waals surface area contributed by atoms with E-state index >= 15 is 0 Å². The molecule has 70 valence electrons. The molecule has 0 saturated carbocycles. The molecule has 0 bridgehead atoms. The highest BCUT2D eigenvalue weighted by Gasteiger charge is 2.09. The number of allylic oxidation sites excluding steroid dienone is 3. The van der Waals surface area contributed by atoms with Gasteiger partial charge in [0.1, 0.15) is 5.76 Å². The second kappa shape index (κ2) is 5.70. The highest BCUT2D eigenvalue weighted by Crippen LogP contribution is 2.17. The molecule has 0 fully saturated rings. The van der Waals surface area contributed by atoms with Crippen molar-refractivity contribution in [3.63, 3.8) is 0 Å². The second-order valence-corrected chi connectivity index (χ2v) is 2.55. The van der Waals surface area contributed by atoms with Gasteiger partial charge in [-0.05, 0) is 26.8 Å². The predicted molar refractivity (Wildman–Crippen MR) is 50.5 cm³/mol. The monoisotopic (exact) mass is 170 g/mol. The Kier molecular flexibility index (Phi) is 5.26. The molecule has 1 rings (SSSR count). The van der Waals surface area contributed by atoms with Crippen LogP contribution in [-0.4, -0.2) is 6.79 Å². The van der Waals surface area contributed by atoms with Gasteiger partial charge in [0.25, 0.3) is 0 Å². The summed E-state index contributed by atoms with van der Waals surface area (Å²) in [5, 5.41) is 0. The van der Waals surface area contributed by atoms with Crippen LogP contribution >= 0.6 is 0 Å². The topological polar surface area (TPSA) is 18.5 Å². The van der Waals surface area contributed by atoms with Crippen LogP contribution in [0.15, 0.2) is 23.2 Å². The Morgan fingerprint density at radius 3 is 2.17 bits per heavy atom. The van der Waals surface area contributed by atoms with Crippen LogP contribution < -0.4 is 0 Å². The first kappa shape index (κ1) is 11.1. The zero-order valence-electron chi connectivity index (χ0n) is 8.60. The van der Waals surface area contributed by atoms with Crippen molar-refractivity contribution in [2.75, 3.05) is 6.79 Å². The van der Waals surface area contributed by atoms with Gasteiger partial charge in [-0.1, -0.05) is 19.4 Å². The molecule has 0 aliphatic carbocycles. The molecule has 0 spiro atoms. The first-order chi connectivity index (χ1) is 5.70. The Labute approximate surface area is 74.9 Å². The van der Waals surface area contributed by atoms with Crippen LogP contribution in [0.25, 0.3) is 0 Å². The molecule has 12 heavy (non-hydrogen) atoms. The van der Waals surface area contributed by atoms with Gasteiger partial charge in [0, 0.05) is 0 Å².